The first kappa shape index (κ1) is 23.2. The second-order valence-electron chi connectivity index (χ2n) is 8.25. The average molecular weight is 495 g/mol. The van der Waals surface area contributed by atoms with Crippen LogP contribution in [0, 0.1) is 5.82 Å². The fraction of sp³-hybridized carbons (Fsp3) is 0.292. The van der Waals surface area contributed by atoms with Crippen molar-refractivity contribution in [3.8, 4) is 11.4 Å². The Morgan fingerprint density at radius 1 is 1.14 bits per heavy atom. The number of rotatable bonds is 8. The van der Waals surface area contributed by atoms with Crippen LogP contribution in [0.4, 0.5) is 4.39 Å². The van der Waals surface area contributed by atoms with Crippen molar-refractivity contribution in [2.24, 2.45) is 5.73 Å². The summed E-state index contributed by atoms with van der Waals surface area (Å²) in [5, 5.41) is 9.75. The van der Waals surface area contributed by atoms with E-state index < -0.39 is 5.91 Å². The number of nitrogens with two attached hydrogens (primary N) is 1. The standard InChI is InChI=1S/C24H23FN6O3S/c25-16-9-7-15(8-10-16)22-28-29-24(31(22)12-17-4-3-11-34-17)35-14-21-27-19-6-2-1-5-18(19)23(33)30(21)13-20(26)32/h1-2,5-10,17H,3-4,11-14H2,(H2,26,32)/t17-/m1/s1. The third kappa shape index (κ3) is 4.96. The Balaban J connectivity index is 1.50. The number of hydrogen-bond acceptors (Lipinski definition) is 7. The summed E-state index contributed by atoms with van der Waals surface area (Å²) in [4.78, 5) is 29.3. The highest BCUT2D eigenvalue weighted by Gasteiger charge is 2.23. The highest BCUT2D eigenvalue weighted by Crippen LogP contribution is 2.28. The van der Waals surface area contributed by atoms with E-state index in [1.807, 2.05) is 4.57 Å². The monoisotopic (exact) mass is 494 g/mol. The fourth-order valence-electron chi connectivity index (χ4n) is 4.14. The summed E-state index contributed by atoms with van der Waals surface area (Å²) in [6.07, 6.45) is 1.94. The number of hydrogen-bond donors (Lipinski definition) is 1. The van der Waals surface area contributed by atoms with Gasteiger partial charge in [-0.2, -0.15) is 0 Å². The highest BCUT2D eigenvalue weighted by atomic mass is 32.2. The van der Waals surface area contributed by atoms with Gasteiger partial charge in [0.2, 0.25) is 5.91 Å². The topological polar surface area (TPSA) is 118 Å². The number of para-hydroxylation sites is 1. The lowest BCUT2D eigenvalue weighted by molar-refractivity contribution is -0.118. The molecule has 3 heterocycles. The van der Waals surface area contributed by atoms with E-state index in [9.17, 15) is 14.0 Å². The molecule has 0 saturated carbocycles. The summed E-state index contributed by atoms with van der Waals surface area (Å²) in [7, 11) is 0. The lowest BCUT2D eigenvalue weighted by Gasteiger charge is -2.15. The smallest absolute Gasteiger partial charge is 0.261 e. The van der Waals surface area contributed by atoms with Gasteiger partial charge in [0, 0.05) is 12.2 Å². The van der Waals surface area contributed by atoms with E-state index in [4.69, 9.17) is 10.5 Å². The van der Waals surface area contributed by atoms with Crippen LogP contribution in [0.1, 0.15) is 18.7 Å². The Bertz CT molecular complexity index is 1430. The lowest BCUT2D eigenvalue weighted by Crippen LogP contribution is -2.31. The zero-order chi connectivity index (χ0) is 24.4. The van der Waals surface area contributed by atoms with Crippen LogP contribution in [-0.2, 0) is 28.4 Å². The minimum absolute atomic E-state index is 0.0244. The van der Waals surface area contributed by atoms with E-state index in [1.165, 1.54) is 28.5 Å². The largest absolute Gasteiger partial charge is 0.376 e. The molecule has 35 heavy (non-hydrogen) atoms. The first-order valence-electron chi connectivity index (χ1n) is 11.2. The quantitative estimate of drug-likeness (QED) is 0.374. The molecule has 0 radical (unpaired) electrons. The van der Waals surface area contributed by atoms with E-state index >= 15 is 0 Å². The van der Waals surface area contributed by atoms with E-state index in [1.54, 1.807) is 36.4 Å². The molecule has 0 aliphatic carbocycles. The second kappa shape index (κ2) is 9.96. The van der Waals surface area contributed by atoms with Crippen LogP contribution in [0.15, 0.2) is 58.5 Å². The van der Waals surface area contributed by atoms with Gasteiger partial charge < -0.3 is 10.5 Å². The molecule has 1 aliphatic heterocycles. The Labute approximate surface area is 204 Å². The number of primary amides is 1. The van der Waals surface area contributed by atoms with Gasteiger partial charge in [0.05, 0.1) is 29.3 Å². The molecule has 180 valence electrons. The third-order valence-corrected chi connectivity index (χ3v) is 6.78. The second-order valence-corrected chi connectivity index (χ2v) is 9.19. The van der Waals surface area contributed by atoms with Crippen LogP contribution in [0.5, 0.6) is 0 Å². The van der Waals surface area contributed by atoms with Gasteiger partial charge in [-0.25, -0.2) is 9.37 Å². The summed E-state index contributed by atoms with van der Waals surface area (Å²) >= 11 is 1.35. The number of nitrogens with zero attached hydrogens (tertiary/aromatic N) is 5. The molecule has 2 N–H and O–H groups in total. The van der Waals surface area contributed by atoms with Crippen molar-refractivity contribution < 1.29 is 13.9 Å². The van der Waals surface area contributed by atoms with Gasteiger partial charge in [-0.15, -0.1) is 10.2 Å². The van der Waals surface area contributed by atoms with Crippen molar-refractivity contribution in [2.75, 3.05) is 6.61 Å². The summed E-state index contributed by atoms with van der Waals surface area (Å²) in [6.45, 7) is 0.985. The highest BCUT2D eigenvalue weighted by molar-refractivity contribution is 7.98. The molecule has 1 amide bonds. The average Bonchev–Trinajstić information content (AvgIpc) is 3.51. The molecule has 2 aromatic carbocycles. The van der Waals surface area contributed by atoms with Gasteiger partial charge >= 0.3 is 0 Å². The number of benzene rings is 2. The number of carbonyl (C=O) groups is 1. The Hall–Kier alpha value is -3.57. The molecule has 2 aromatic heterocycles. The summed E-state index contributed by atoms with van der Waals surface area (Å²) in [6, 6.07) is 13.1. The van der Waals surface area contributed by atoms with Gasteiger partial charge in [0.25, 0.3) is 5.56 Å². The summed E-state index contributed by atoms with van der Waals surface area (Å²) in [5.74, 6) is 0.316. The Kier molecular flexibility index (Phi) is 6.60. The van der Waals surface area contributed by atoms with E-state index in [0.717, 1.165) is 18.4 Å². The van der Waals surface area contributed by atoms with Crippen molar-refractivity contribution in [3.05, 3.63) is 70.5 Å². The van der Waals surface area contributed by atoms with E-state index in [2.05, 4.69) is 15.2 Å². The number of halogens is 1. The van der Waals surface area contributed by atoms with Crippen LogP contribution >= 0.6 is 11.8 Å². The van der Waals surface area contributed by atoms with Gasteiger partial charge in [0.1, 0.15) is 18.2 Å². The molecule has 1 atom stereocenters. The normalized spacial score (nSPS) is 15.6. The van der Waals surface area contributed by atoms with E-state index in [0.29, 0.717) is 40.9 Å². The van der Waals surface area contributed by atoms with Crippen molar-refractivity contribution >= 4 is 28.6 Å². The molecule has 4 aromatic rings. The zero-order valence-electron chi connectivity index (χ0n) is 18.8. The summed E-state index contributed by atoms with van der Waals surface area (Å²) < 4.78 is 22.6. The van der Waals surface area contributed by atoms with Crippen LogP contribution in [0.25, 0.3) is 22.3 Å². The van der Waals surface area contributed by atoms with Gasteiger partial charge in [-0.05, 0) is 49.2 Å². The molecule has 9 nitrogen and oxygen atoms in total. The molecule has 5 rings (SSSR count). The lowest BCUT2D eigenvalue weighted by atomic mass is 10.2. The molecular weight excluding hydrogens is 471 g/mol. The SMILES string of the molecule is NC(=O)Cn1c(CSc2nnc(-c3ccc(F)cc3)n2C[C@H]2CCCO2)nc2ccccc2c1=O. The van der Waals surface area contributed by atoms with Crippen LogP contribution in [0.3, 0.4) is 0 Å². The first-order valence-corrected chi connectivity index (χ1v) is 12.2. The number of ether oxygens (including phenoxy) is 1. The number of fused-ring (bicyclic) bond motifs is 1. The maximum Gasteiger partial charge on any atom is 0.261 e. The maximum absolute atomic E-state index is 13.5. The number of carbonyl (C=O) groups excluding carboxylic acids is 1. The van der Waals surface area contributed by atoms with Crippen LogP contribution in [0.2, 0.25) is 0 Å². The van der Waals surface area contributed by atoms with Gasteiger partial charge in [0.15, 0.2) is 11.0 Å². The minimum atomic E-state index is -0.629. The van der Waals surface area contributed by atoms with Gasteiger partial charge in [-0.1, -0.05) is 23.9 Å². The van der Waals surface area contributed by atoms with Gasteiger partial charge in [-0.3, -0.25) is 18.7 Å². The first-order chi connectivity index (χ1) is 17.0. The number of thioether (sulfide) groups is 1. The van der Waals surface area contributed by atoms with Crippen molar-refractivity contribution in [2.45, 2.75) is 42.9 Å². The number of aromatic nitrogens is 5. The Morgan fingerprint density at radius 2 is 1.94 bits per heavy atom. The number of amides is 1. The predicted molar refractivity (Wildman–Crippen MR) is 129 cm³/mol. The summed E-state index contributed by atoms with van der Waals surface area (Å²) in [5.41, 5.74) is 6.36. The molecule has 1 fully saturated rings. The van der Waals surface area contributed by atoms with E-state index in [-0.39, 0.29) is 29.8 Å². The molecule has 0 spiro atoms. The van der Waals surface area contributed by atoms with Crippen LogP contribution in [-0.4, -0.2) is 42.9 Å². The molecule has 11 heteroatoms. The van der Waals surface area contributed by atoms with Crippen LogP contribution < -0.4 is 11.3 Å². The fourth-order valence-corrected chi connectivity index (χ4v) is 5.03. The molecule has 0 bridgehead atoms. The van der Waals surface area contributed by atoms with Crippen molar-refractivity contribution in [1.82, 2.24) is 24.3 Å². The zero-order valence-corrected chi connectivity index (χ0v) is 19.6. The molecule has 1 saturated heterocycles. The van der Waals surface area contributed by atoms with Crippen molar-refractivity contribution in [3.63, 3.8) is 0 Å². The maximum atomic E-state index is 13.5. The molecule has 1 aliphatic rings. The predicted octanol–water partition coefficient (Wildman–Crippen LogP) is 2.75. The van der Waals surface area contributed by atoms with Crippen molar-refractivity contribution in [1.29, 1.82) is 0 Å². The Morgan fingerprint density at radius 3 is 2.69 bits per heavy atom. The third-order valence-electron chi connectivity index (χ3n) is 5.81. The minimum Gasteiger partial charge on any atom is -0.376 e. The molecular formula is C24H23FN6O3S. The molecule has 0 unspecified atom stereocenters.